The molecule has 34 heavy (non-hydrogen) atoms. The lowest BCUT2D eigenvalue weighted by atomic mass is 10.3. The predicted octanol–water partition coefficient (Wildman–Crippen LogP) is 3.78. The van der Waals surface area contributed by atoms with Crippen molar-refractivity contribution in [2.24, 2.45) is 0 Å². The van der Waals surface area contributed by atoms with Crippen LogP contribution in [0.2, 0.25) is 0 Å². The van der Waals surface area contributed by atoms with Gasteiger partial charge in [0.1, 0.15) is 17.6 Å². The Morgan fingerprint density at radius 2 is 1.91 bits per heavy atom. The Morgan fingerprint density at radius 3 is 2.65 bits per heavy atom. The van der Waals surface area contributed by atoms with Crippen molar-refractivity contribution >= 4 is 24.4 Å². The first-order chi connectivity index (χ1) is 16.4. The van der Waals surface area contributed by atoms with E-state index in [2.05, 4.69) is 15.1 Å². The summed E-state index contributed by atoms with van der Waals surface area (Å²) in [6, 6.07) is 10.4. The molecule has 1 aliphatic heterocycles. The Labute approximate surface area is 199 Å². The molecule has 11 heteroatoms. The third-order valence-corrected chi connectivity index (χ3v) is 7.22. The molecule has 3 heterocycles. The van der Waals surface area contributed by atoms with E-state index in [1.165, 1.54) is 0 Å². The zero-order chi connectivity index (χ0) is 24.0. The number of fused-ring (bicyclic) bond motifs is 1. The predicted molar refractivity (Wildman–Crippen MR) is 130 cm³/mol. The number of anilines is 1. The van der Waals surface area contributed by atoms with Crippen LogP contribution in [-0.2, 0) is 25.3 Å². The molecule has 0 unspecified atom stereocenters. The van der Waals surface area contributed by atoms with Crippen molar-refractivity contribution in [3.05, 3.63) is 48.9 Å². The second-order valence-electron chi connectivity index (χ2n) is 8.39. The average molecular weight is 490 g/mol. The number of pyridine rings is 1. The number of ether oxygens (including phenoxy) is 3. The quantitative estimate of drug-likeness (QED) is 0.410. The molecule has 184 valence electrons. The topological polar surface area (TPSA) is 123 Å². The molecule has 0 radical (unpaired) electrons. The van der Waals surface area contributed by atoms with Crippen LogP contribution >= 0.6 is 7.52 Å². The number of nitrogens with two attached hydrogens (primary N) is 1. The number of nitrogen functional groups attached to an aromatic ring is 1. The first kappa shape index (κ1) is 24.6. The second kappa shape index (κ2) is 11.3. The van der Waals surface area contributed by atoms with Gasteiger partial charge in [-0.15, -0.1) is 0 Å². The lowest BCUT2D eigenvalue weighted by Gasteiger charge is -2.29. The SMILES string of the molecule is C[C@H](Cn1cnc2c(N)ccnc21)OC[P@](=O)(N[C@H](C)C1OCCCCO1)Oc1ccccc1. The molecule has 0 saturated carbocycles. The van der Waals surface area contributed by atoms with Crippen molar-refractivity contribution in [1.29, 1.82) is 0 Å². The van der Waals surface area contributed by atoms with E-state index in [0.29, 0.717) is 42.4 Å². The van der Waals surface area contributed by atoms with Crippen LogP contribution in [0.15, 0.2) is 48.9 Å². The van der Waals surface area contributed by atoms with Crippen LogP contribution < -0.4 is 15.3 Å². The summed E-state index contributed by atoms with van der Waals surface area (Å²) in [6.45, 7) is 5.43. The highest BCUT2D eigenvalue weighted by molar-refractivity contribution is 7.57. The number of hydrogen-bond donors (Lipinski definition) is 2. The Hall–Kier alpha value is -2.49. The molecule has 10 nitrogen and oxygen atoms in total. The third kappa shape index (κ3) is 6.34. The Bertz CT molecular complexity index is 1100. The van der Waals surface area contributed by atoms with Gasteiger partial charge in [0.15, 0.2) is 11.9 Å². The molecule has 3 aromatic rings. The maximum atomic E-state index is 13.9. The summed E-state index contributed by atoms with van der Waals surface area (Å²) in [5.41, 5.74) is 7.87. The van der Waals surface area contributed by atoms with Crippen molar-refractivity contribution in [2.75, 3.05) is 25.3 Å². The van der Waals surface area contributed by atoms with E-state index in [0.717, 1.165) is 12.8 Å². The fourth-order valence-electron chi connectivity index (χ4n) is 3.72. The van der Waals surface area contributed by atoms with Gasteiger partial charge in [0.2, 0.25) is 0 Å². The molecule has 0 aliphatic carbocycles. The fraction of sp³-hybridized carbons (Fsp3) is 0.478. The summed E-state index contributed by atoms with van der Waals surface area (Å²) in [5.74, 6) is 0.491. The number of nitrogens with one attached hydrogen (secondary N) is 1. The lowest BCUT2D eigenvalue weighted by Crippen LogP contribution is -2.40. The number of aromatic nitrogens is 3. The largest absolute Gasteiger partial charge is 0.431 e. The smallest absolute Gasteiger partial charge is 0.342 e. The van der Waals surface area contributed by atoms with Crippen LogP contribution in [0.5, 0.6) is 5.75 Å². The van der Waals surface area contributed by atoms with Crippen LogP contribution in [0, 0.1) is 0 Å². The maximum absolute atomic E-state index is 13.9. The number of hydrogen-bond acceptors (Lipinski definition) is 8. The fourth-order valence-corrected chi connectivity index (χ4v) is 5.56. The Morgan fingerprint density at radius 1 is 1.18 bits per heavy atom. The number of rotatable bonds is 10. The molecule has 4 rings (SSSR count). The average Bonchev–Trinajstić information content (AvgIpc) is 3.04. The third-order valence-electron chi connectivity index (χ3n) is 5.42. The molecule has 1 aromatic carbocycles. The monoisotopic (exact) mass is 489 g/mol. The van der Waals surface area contributed by atoms with Crippen molar-refractivity contribution in [2.45, 2.75) is 51.7 Å². The van der Waals surface area contributed by atoms with E-state index in [9.17, 15) is 4.57 Å². The van der Waals surface area contributed by atoms with Crippen molar-refractivity contribution in [1.82, 2.24) is 19.6 Å². The summed E-state index contributed by atoms with van der Waals surface area (Å²) in [4.78, 5) is 8.70. The van der Waals surface area contributed by atoms with Crippen LogP contribution in [0.25, 0.3) is 11.2 Å². The number of imidazole rings is 1. The van der Waals surface area contributed by atoms with E-state index in [4.69, 9.17) is 24.5 Å². The number of nitrogens with zero attached hydrogens (tertiary/aromatic N) is 3. The Balaban J connectivity index is 1.43. The first-order valence-corrected chi connectivity index (χ1v) is 13.3. The molecular formula is C23H32N5O5P. The van der Waals surface area contributed by atoms with Gasteiger partial charge in [0.05, 0.1) is 30.7 Å². The van der Waals surface area contributed by atoms with Crippen LogP contribution in [0.4, 0.5) is 5.69 Å². The maximum Gasteiger partial charge on any atom is 0.342 e. The second-order valence-corrected chi connectivity index (χ2v) is 10.4. The van der Waals surface area contributed by atoms with E-state index in [-0.39, 0.29) is 18.5 Å². The lowest BCUT2D eigenvalue weighted by molar-refractivity contribution is -0.138. The van der Waals surface area contributed by atoms with Crippen LogP contribution in [0.3, 0.4) is 0 Å². The van der Waals surface area contributed by atoms with Gasteiger partial charge in [-0.2, -0.15) is 0 Å². The summed E-state index contributed by atoms with van der Waals surface area (Å²) in [6.07, 6.45) is 4.25. The van der Waals surface area contributed by atoms with E-state index < -0.39 is 13.8 Å². The highest BCUT2D eigenvalue weighted by atomic mass is 31.2. The molecule has 0 amide bonds. The number of benzene rings is 1. The molecule has 1 aliphatic rings. The molecular weight excluding hydrogens is 457 g/mol. The van der Waals surface area contributed by atoms with Crippen molar-refractivity contribution in [3.63, 3.8) is 0 Å². The van der Waals surface area contributed by atoms with Gasteiger partial charge in [-0.1, -0.05) is 18.2 Å². The molecule has 3 atom stereocenters. The van der Waals surface area contributed by atoms with Gasteiger partial charge in [0, 0.05) is 19.4 Å². The first-order valence-electron chi connectivity index (χ1n) is 11.5. The molecule has 0 spiro atoms. The number of para-hydroxylation sites is 1. The standard InChI is InChI=1S/C23H32N5O5P/c1-17(14-28-15-26-21-20(24)10-11-25-22(21)28)32-16-34(29,33-19-8-4-3-5-9-19)27-18(2)23-30-12-6-7-13-31-23/h3-5,8-11,15,17-18,23H,6-7,12-14,16H2,1-2H3,(H2,24,25)(H,27,29)/t17-,18-,34-/m1/s1. The van der Waals surface area contributed by atoms with Crippen LogP contribution in [0.1, 0.15) is 26.7 Å². The van der Waals surface area contributed by atoms with Gasteiger partial charge in [-0.05, 0) is 44.9 Å². The minimum Gasteiger partial charge on any atom is -0.431 e. The minimum atomic E-state index is -3.47. The van der Waals surface area contributed by atoms with Gasteiger partial charge >= 0.3 is 7.52 Å². The van der Waals surface area contributed by atoms with Gasteiger partial charge < -0.3 is 29.0 Å². The normalized spacial score (nSPS) is 18.8. The van der Waals surface area contributed by atoms with Gasteiger partial charge in [-0.25, -0.2) is 15.1 Å². The minimum absolute atomic E-state index is 0.137. The molecule has 1 saturated heterocycles. The van der Waals surface area contributed by atoms with Crippen molar-refractivity contribution < 1.29 is 23.3 Å². The van der Waals surface area contributed by atoms with E-state index >= 15 is 0 Å². The zero-order valence-electron chi connectivity index (χ0n) is 19.5. The molecule has 0 bridgehead atoms. The summed E-state index contributed by atoms with van der Waals surface area (Å²) < 4.78 is 39.2. The summed E-state index contributed by atoms with van der Waals surface area (Å²) in [7, 11) is -3.47. The molecule has 3 N–H and O–H groups in total. The highest BCUT2D eigenvalue weighted by Gasteiger charge is 2.33. The molecule has 2 aromatic heterocycles. The summed E-state index contributed by atoms with van der Waals surface area (Å²) >= 11 is 0. The zero-order valence-corrected chi connectivity index (χ0v) is 20.4. The van der Waals surface area contributed by atoms with E-state index in [1.54, 1.807) is 30.7 Å². The molecule has 1 fully saturated rings. The van der Waals surface area contributed by atoms with E-state index in [1.807, 2.05) is 36.6 Å². The van der Waals surface area contributed by atoms with Crippen molar-refractivity contribution in [3.8, 4) is 5.75 Å². The van der Waals surface area contributed by atoms with Crippen LogP contribution in [-0.4, -0.2) is 52.5 Å². The van der Waals surface area contributed by atoms with Gasteiger partial charge in [0.25, 0.3) is 0 Å². The Kier molecular flexibility index (Phi) is 8.18. The highest BCUT2D eigenvalue weighted by Crippen LogP contribution is 2.44. The summed E-state index contributed by atoms with van der Waals surface area (Å²) in [5, 5.41) is 3.10. The van der Waals surface area contributed by atoms with Gasteiger partial charge in [-0.3, -0.25) is 4.57 Å².